The second-order valence-corrected chi connectivity index (χ2v) is 7.18. The fourth-order valence-electron chi connectivity index (χ4n) is 3.30. The van der Waals surface area contributed by atoms with Crippen LogP contribution >= 0.6 is 0 Å². The Hall–Kier alpha value is -3.43. The monoisotopic (exact) mass is 423 g/mol. The zero-order valence-corrected chi connectivity index (χ0v) is 17.4. The molecule has 162 valence electrons. The summed E-state index contributed by atoms with van der Waals surface area (Å²) in [7, 11) is 3.20. The van der Waals surface area contributed by atoms with E-state index in [1.807, 2.05) is 30.3 Å². The Labute approximate surface area is 180 Å². The summed E-state index contributed by atoms with van der Waals surface area (Å²) in [4.78, 5) is 13.3. The Balaban J connectivity index is 1.60. The fourth-order valence-corrected chi connectivity index (χ4v) is 3.30. The molecule has 2 aromatic heterocycles. The van der Waals surface area contributed by atoms with Crippen LogP contribution in [0.3, 0.4) is 0 Å². The summed E-state index contributed by atoms with van der Waals surface area (Å²) < 4.78 is 16.5. The van der Waals surface area contributed by atoms with Crippen molar-refractivity contribution >= 4 is 5.69 Å². The first-order valence-electron chi connectivity index (χ1n) is 9.98. The minimum absolute atomic E-state index is 0.158. The first-order valence-corrected chi connectivity index (χ1v) is 9.98. The standard InChI is InChI=1S/C22H25N5O4/c1-29-17-3-5-18(6-4-17)31-22-20(25-10-15-8-16(28)11-24-15)13-26-21(27-22)14-7-19(30-2)12-23-9-14/h3-7,9,12-13,15-16,24-25,28H,8,10-11H2,1-2H3/t15-,16-/m1/s1. The average molecular weight is 423 g/mol. The molecule has 0 aliphatic carbocycles. The van der Waals surface area contributed by atoms with Crippen molar-refractivity contribution in [1.29, 1.82) is 0 Å². The van der Waals surface area contributed by atoms with Crippen LogP contribution in [0.5, 0.6) is 23.1 Å². The largest absolute Gasteiger partial charge is 0.497 e. The van der Waals surface area contributed by atoms with Crippen molar-refractivity contribution in [2.75, 3.05) is 32.6 Å². The van der Waals surface area contributed by atoms with Gasteiger partial charge >= 0.3 is 0 Å². The Kier molecular flexibility index (Phi) is 6.44. The van der Waals surface area contributed by atoms with E-state index in [4.69, 9.17) is 14.2 Å². The topological polar surface area (TPSA) is 111 Å². The van der Waals surface area contributed by atoms with E-state index in [2.05, 4.69) is 25.6 Å². The highest BCUT2D eigenvalue weighted by Gasteiger charge is 2.22. The van der Waals surface area contributed by atoms with Gasteiger partial charge in [0, 0.05) is 30.9 Å². The molecular formula is C22H25N5O4. The lowest BCUT2D eigenvalue weighted by atomic mass is 10.2. The summed E-state index contributed by atoms with van der Waals surface area (Å²) in [6.07, 6.45) is 5.35. The molecule has 1 fully saturated rings. The minimum atomic E-state index is -0.319. The molecule has 1 aliphatic rings. The van der Waals surface area contributed by atoms with Crippen LogP contribution in [0.1, 0.15) is 6.42 Å². The number of rotatable bonds is 8. The van der Waals surface area contributed by atoms with Crippen molar-refractivity contribution in [1.82, 2.24) is 20.3 Å². The maximum atomic E-state index is 9.73. The molecule has 0 radical (unpaired) electrons. The molecule has 3 aromatic rings. The molecule has 31 heavy (non-hydrogen) atoms. The molecule has 4 rings (SSSR count). The molecule has 1 aliphatic heterocycles. The molecule has 1 saturated heterocycles. The number of nitrogens with zero attached hydrogens (tertiary/aromatic N) is 3. The molecular weight excluding hydrogens is 398 g/mol. The Morgan fingerprint density at radius 1 is 1.06 bits per heavy atom. The molecule has 0 amide bonds. The van der Waals surface area contributed by atoms with Crippen molar-refractivity contribution in [2.45, 2.75) is 18.6 Å². The predicted molar refractivity (Wildman–Crippen MR) is 116 cm³/mol. The van der Waals surface area contributed by atoms with Gasteiger partial charge in [-0.25, -0.2) is 4.98 Å². The van der Waals surface area contributed by atoms with Crippen molar-refractivity contribution < 1.29 is 19.3 Å². The third kappa shape index (κ3) is 5.19. The van der Waals surface area contributed by atoms with E-state index in [9.17, 15) is 5.11 Å². The number of β-amino-alcohol motifs (C(OH)–C–C–N with tert-alkyl or cyclic N) is 1. The molecule has 3 heterocycles. The number of aliphatic hydroxyl groups excluding tert-OH is 1. The molecule has 0 spiro atoms. The van der Waals surface area contributed by atoms with E-state index < -0.39 is 0 Å². The molecule has 1 aromatic carbocycles. The van der Waals surface area contributed by atoms with Gasteiger partial charge in [-0.15, -0.1) is 0 Å². The second-order valence-electron chi connectivity index (χ2n) is 7.18. The van der Waals surface area contributed by atoms with Gasteiger partial charge in [-0.1, -0.05) is 0 Å². The lowest BCUT2D eigenvalue weighted by Gasteiger charge is -2.16. The van der Waals surface area contributed by atoms with E-state index in [1.165, 1.54) is 0 Å². The van der Waals surface area contributed by atoms with E-state index in [0.29, 0.717) is 54.0 Å². The van der Waals surface area contributed by atoms with Crippen LogP contribution < -0.4 is 24.8 Å². The quantitative estimate of drug-likeness (QED) is 0.503. The SMILES string of the molecule is COc1ccc(Oc2nc(-c3cncc(OC)c3)ncc2NC[C@H]2C[C@@H](O)CN2)cc1. The molecule has 0 unspecified atom stereocenters. The van der Waals surface area contributed by atoms with Crippen molar-refractivity contribution in [3.8, 4) is 34.5 Å². The van der Waals surface area contributed by atoms with Gasteiger partial charge in [-0.2, -0.15) is 4.98 Å². The highest BCUT2D eigenvalue weighted by atomic mass is 16.5. The minimum Gasteiger partial charge on any atom is -0.497 e. The van der Waals surface area contributed by atoms with Crippen LogP contribution in [0.25, 0.3) is 11.4 Å². The van der Waals surface area contributed by atoms with Gasteiger partial charge in [0.2, 0.25) is 5.88 Å². The lowest BCUT2D eigenvalue weighted by molar-refractivity contribution is 0.193. The number of pyridine rings is 1. The summed E-state index contributed by atoms with van der Waals surface area (Å²) in [6, 6.07) is 9.24. The number of aromatic nitrogens is 3. The lowest BCUT2D eigenvalue weighted by Crippen LogP contribution is -2.29. The number of benzene rings is 1. The van der Waals surface area contributed by atoms with Crippen molar-refractivity contribution in [2.24, 2.45) is 0 Å². The Morgan fingerprint density at radius 2 is 1.84 bits per heavy atom. The summed E-state index contributed by atoms with van der Waals surface area (Å²) >= 11 is 0. The van der Waals surface area contributed by atoms with Crippen LogP contribution in [-0.4, -0.2) is 59.5 Å². The van der Waals surface area contributed by atoms with E-state index in [0.717, 1.165) is 5.75 Å². The van der Waals surface area contributed by atoms with E-state index >= 15 is 0 Å². The molecule has 2 atom stereocenters. The van der Waals surface area contributed by atoms with Crippen LogP contribution in [-0.2, 0) is 0 Å². The van der Waals surface area contributed by atoms with Crippen LogP contribution in [0.4, 0.5) is 5.69 Å². The van der Waals surface area contributed by atoms with Crippen LogP contribution in [0.2, 0.25) is 0 Å². The molecule has 9 heteroatoms. The first-order chi connectivity index (χ1) is 15.1. The molecule has 0 bridgehead atoms. The van der Waals surface area contributed by atoms with Gasteiger partial charge in [0.05, 0.1) is 32.7 Å². The number of hydrogen-bond acceptors (Lipinski definition) is 9. The highest BCUT2D eigenvalue weighted by molar-refractivity contribution is 5.61. The Morgan fingerprint density at radius 3 is 2.55 bits per heavy atom. The van der Waals surface area contributed by atoms with Crippen molar-refractivity contribution in [3.05, 3.63) is 48.9 Å². The highest BCUT2D eigenvalue weighted by Crippen LogP contribution is 2.31. The average Bonchev–Trinajstić information content (AvgIpc) is 3.23. The summed E-state index contributed by atoms with van der Waals surface area (Å²) in [6.45, 7) is 1.21. The number of ether oxygens (including phenoxy) is 3. The Bertz CT molecular complexity index is 1020. The molecule has 3 N–H and O–H groups in total. The van der Waals surface area contributed by atoms with Gasteiger partial charge in [0.25, 0.3) is 0 Å². The predicted octanol–water partition coefficient (Wildman–Crippen LogP) is 2.48. The number of nitrogens with one attached hydrogen (secondary N) is 2. The van der Waals surface area contributed by atoms with Gasteiger partial charge < -0.3 is 30.0 Å². The third-order valence-electron chi connectivity index (χ3n) is 4.97. The van der Waals surface area contributed by atoms with Gasteiger partial charge in [0.15, 0.2) is 5.82 Å². The second kappa shape index (κ2) is 9.59. The first kappa shape index (κ1) is 20.8. The molecule has 9 nitrogen and oxygen atoms in total. The summed E-state index contributed by atoms with van der Waals surface area (Å²) in [5.74, 6) is 2.83. The summed E-state index contributed by atoms with van der Waals surface area (Å²) in [5.41, 5.74) is 1.37. The fraction of sp³-hybridized carbons (Fsp3) is 0.318. The van der Waals surface area contributed by atoms with Crippen LogP contribution in [0.15, 0.2) is 48.9 Å². The number of anilines is 1. The van der Waals surface area contributed by atoms with Gasteiger partial charge in [0.1, 0.15) is 22.9 Å². The number of methoxy groups -OCH3 is 2. The van der Waals surface area contributed by atoms with Gasteiger partial charge in [-0.3, -0.25) is 4.98 Å². The van der Waals surface area contributed by atoms with E-state index in [1.54, 1.807) is 32.8 Å². The summed E-state index contributed by atoms with van der Waals surface area (Å²) in [5, 5.41) is 16.3. The maximum Gasteiger partial charge on any atom is 0.246 e. The van der Waals surface area contributed by atoms with Gasteiger partial charge in [-0.05, 0) is 36.8 Å². The zero-order valence-electron chi connectivity index (χ0n) is 17.4. The maximum absolute atomic E-state index is 9.73. The number of aliphatic hydroxyl groups is 1. The smallest absolute Gasteiger partial charge is 0.246 e. The zero-order chi connectivity index (χ0) is 21.6. The third-order valence-corrected chi connectivity index (χ3v) is 4.97. The molecule has 0 saturated carbocycles. The van der Waals surface area contributed by atoms with Crippen LogP contribution in [0, 0.1) is 0 Å². The van der Waals surface area contributed by atoms with E-state index in [-0.39, 0.29) is 12.1 Å². The number of hydrogen-bond donors (Lipinski definition) is 3. The van der Waals surface area contributed by atoms with Crippen molar-refractivity contribution in [3.63, 3.8) is 0 Å². The normalized spacial score (nSPS) is 17.9.